The maximum Gasteiger partial charge on any atom is 0.416 e. The first kappa shape index (κ1) is 18.5. The molecule has 0 aromatic carbocycles. The molecule has 1 N–H and O–H groups in total. The smallest absolute Gasteiger partial charge is 0.354 e. The maximum atomic E-state index is 12.8. The molecule has 1 amide bonds. The molecular weight excluding hydrogens is 321 g/mol. The van der Waals surface area contributed by atoms with Gasteiger partial charge < -0.3 is 10.2 Å². The van der Waals surface area contributed by atoms with Crippen LogP contribution in [-0.2, 0) is 11.0 Å². The second-order valence-corrected chi connectivity index (χ2v) is 6.26. The summed E-state index contributed by atoms with van der Waals surface area (Å²) >= 11 is 0. The van der Waals surface area contributed by atoms with Crippen molar-refractivity contribution >= 4 is 11.7 Å². The van der Waals surface area contributed by atoms with Gasteiger partial charge in [-0.2, -0.15) is 13.2 Å². The van der Waals surface area contributed by atoms with Crippen molar-refractivity contribution in [3.63, 3.8) is 0 Å². The summed E-state index contributed by atoms with van der Waals surface area (Å²) in [7, 11) is 0. The summed E-state index contributed by atoms with van der Waals surface area (Å²) in [6.07, 6.45) is -3.19. The van der Waals surface area contributed by atoms with E-state index < -0.39 is 11.7 Å². The molecule has 0 aliphatic carbocycles. The van der Waals surface area contributed by atoms with E-state index in [-0.39, 0.29) is 18.0 Å². The molecule has 1 saturated heterocycles. The second-order valence-electron chi connectivity index (χ2n) is 6.26. The molecule has 0 unspecified atom stereocenters. The predicted octanol–water partition coefficient (Wildman–Crippen LogP) is 2.14. The number of amides is 1. The largest absolute Gasteiger partial charge is 0.416 e. The minimum absolute atomic E-state index is 0.0318. The molecule has 8 heteroatoms. The number of pyridine rings is 1. The minimum Gasteiger partial charge on any atom is -0.354 e. The van der Waals surface area contributed by atoms with E-state index in [4.69, 9.17) is 0 Å². The number of aromatic nitrogens is 1. The lowest BCUT2D eigenvalue weighted by atomic mass is 10.2. The van der Waals surface area contributed by atoms with Gasteiger partial charge in [0.05, 0.1) is 11.6 Å². The Morgan fingerprint density at radius 2 is 1.83 bits per heavy atom. The van der Waals surface area contributed by atoms with Crippen molar-refractivity contribution in [1.82, 2.24) is 15.2 Å². The lowest BCUT2D eigenvalue weighted by molar-refractivity contribution is -0.137. The number of halogens is 3. The minimum atomic E-state index is -4.37. The monoisotopic (exact) mass is 344 g/mol. The molecule has 0 bridgehead atoms. The number of alkyl halides is 3. The molecule has 5 nitrogen and oxygen atoms in total. The van der Waals surface area contributed by atoms with Crippen molar-refractivity contribution in [2.45, 2.75) is 39.0 Å². The van der Waals surface area contributed by atoms with Crippen LogP contribution in [0.15, 0.2) is 18.3 Å². The number of carbonyl (C=O) groups excluding carboxylic acids is 1. The highest BCUT2D eigenvalue weighted by molar-refractivity contribution is 5.81. The van der Waals surface area contributed by atoms with E-state index >= 15 is 0 Å². The first-order valence-corrected chi connectivity index (χ1v) is 8.01. The molecule has 2 rings (SSSR count). The number of hydrogen-bond donors (Lipinski definition) is 1. The summed E-state index contributed by atoms with van der Waals surface area (Å²) in [6, 6.07) is 1.86. The van der Waals surface area contributed by atoms with Gasteiger partial charge in [-0.25, -0.2) is 4.98 Å². The van der Waals surface area contributed by atoms with Crippen LogP contribution in [0.2, 0.25) is 0 Å². The molecule has 1 aliphatic rings. The Balaban J connectivity index is 1.97. The second kappa shape index (κ2) is 7.38. The first-order chi connectivity index (χ1) is 11.2. The fraction of sp³-hybridized carbons (Fsp3) is 0.625. The van der Waals surface area contributed by atoms with Gasteiger partial charge in [0.1, 0.15) is 5.82 Å². The van der Waals surface area contributed by atoms with Gasteiger partial charge in [-0.1, -0.05) is 0 Å². The van der Waals surface area contributed by atoms with Crippen LogP contribution in [0.5, 0.6) is 0 Å². The molecule has 1 aromatic heterocycles. The quantitative estimate of drug-likeness (QED) is 0.909. The SMILES string of the molecule is CC(C)NC(=O)[C@H](C)N1CCN(c2cc(C(F)(F)F)ccn2)CC1. The maximum absolute atomic E-state index is 12.8. The van der Waals surface area contributed by atoms with Crippen molar-refractivity contribution in [3.8, 4) is 0 Å². The topological polar surface area (TPSA) is 48.5 Å². The predicted molar refractivity (Wildman–Crippen MR) is 85.8 cm³/mol. The zero-order chi connectivity index (χ0) is 17.9. The normalized spacial score (nSPS) is 17.9. The fourth-order valence-electron chi connectivity index (χ4n) is 2.68. The first-order valence-electron chi connectivity index (χ1n) is 8.01. The molecule has 0 saturated carbocycles. The molecule has 24 heavy (non-hydrogen) atoms. The number of rotatable bonds is 4. The Morgan fingerprint density at radius 1 is 1.21 bits per heavy atom. The van der Waals surface area contributed by atoms with E-state index in [9.17, 15) is 18.0 Å². The van der Waals surface area contributed by atoms with Crippen LogP contribution in [0.3, 0.4) is 0 Å². The molecule has 134 valence electrons. The van der Waals surface area contributed by atoms with Gasteiger partial charge in [0.15, 0.2) is 0 Å². The highest BCUT2D eigenvalue weighted by Crippen LogP contribution is 2.30. The summed E-state index contributed by atoms with van der Waals surface area (Å²) < 4.78 is 38.4. The van der Waals surface area contributed by atoms with E-state index in [1.54, 1.807) is 0 Å². The fourth-order valence-corrected chi connectivity index (χ4v) is 2.68. The summed E-state index contributed by atoms with van der Waals surface area (Å²) in [5, 5.41) is 2.88. The van der Waals surface area contributed by atoms with Crippen molar-refractivity contribution in [2.24, 2.45) is 0 Å². The number of nitrogens with one attached hydrogen (secondary N) is 1. The molecule has 1 atom stereocenters. The highest BCUT2D eigenvalue weighted by Gasteiger charge is 2.32. The standard InChI is InChI=1S/C16H23F3N4O/c1-11(2)21-15(24)12(3)22-6-8-23(9-7-22)14-10-13(4-5-20-14)16(17,18)19/h4-5,10-12H,6-9H2,1-3H3,(H,21,24)/t12-/m0/s1. The van der Waals surface area contributed by atoms with Crippen LogP contribution in [0, 0.1) is 0 Å². The Morgan fingerprint density at radius 3 is 2.38 bits per heavy atom. The van der Waals surface area contributed by atoms with Crippen LogP contribution >= 0.6 is 0 Å². The van der Waals surface area contributed by atoms with Crippen molar-refractivity contribution in [1.29, 1.82) is 0 Å². The van der Waals surface area contributed by atoms with Crippen molar-refractivity contribution in [2.75, 3.05) is 31.1 Å². The Bertz CT molecular complexity index is 569. The molecule has 0 radical (unpaired) electrons. The van der Waals surface area contributed by atoms with Gasteiger partial charge in [0, 0.05) is 38.4 Å². The number of carbonyl (C=O) groups is 1. The number of nitrogens with zero attached hydrogens (tertiary/aromatic N) is 3. The van der Waals surface area contributed by atoms with E-state index in [1.807, 2.05) is 30.6 Å². The third-order valence-corrected chi connectivity index (χ3v) is 4.07. The summed E-state index contributed by atoms with van der Waals surface area (Å²) in [6.45, 7) is 7.93. The number of piperazine rings is 1. The molecule has 2 heterocycles. The van der Waals surface area contributed by atoms with Gasteiger partial charge >= 0.3 is 6.18 Å². The van der Waals surface area contributed by atoms with Gasteiger partial charge in [0.2, 0.25) is 5.91 Å². The van der Waals surface area contributed by atoms with Gasteiger partial charge in [-0.3, -0.25) is 9.69 Å². The molecule has 1 fully saturated rings. The third-order valence-electron chi connectivity index (χ3n) is 4.07. The molecule has 0 spiro atoms. The zero-order valence-electron chi connectivity index (χ0n) is 14.1. The third kappa shape index (κ3) is 4.59. The lowest BCUT2D eigenvalue weighted by Crippen LogP contribution is -2.54. The van der Waals surface area contributed by atoms with E-state index in [0.717, 1.165) is 12.1 Å². The molecular formula is C16H23F3N4O. The van der Waals surface area contributed by atoms with Crippen LogP contribution in [0.4, 0.5) is 19.0 Å². The summed E-state index contributed by atoms with van der Waals surface area (Å²) in [4.78, 5) is 20.0. The van der Waals surface area contributed by atoms with Crippen LogP contribution in [-0.4, -0.2) is 54.1 Å². The highest BCUT2D eigenvalue weighted by atomic mass is 19.4. The van der Waals surface area contributed by atoms with Crippen LogP contribution in [0.1, 0.15) is 26.3 Å². The van der Waals surface area contributed by atoms with Gasteiger partial charge in [-0.15, -0.1) is 0 Å². The summed E-state index contributed by atoms with van der Waals surface area (Å²) in [5.74, 6) is 0.291. The van der Waals surface area contributed by atoms with E-state index in [0.29, 0.717) is 32.0 Å². The van der Waals surface area contributed by atoms with Crippen LogP contribution < -0.4 is 10.2 Å². The lowest BCUT2D eigenvalue weighted by Gasteiger charge is -2.38. The van der Waals surface area contributed by atoms with E-state index in [2.05, 4.69) is 10.3 Å². The Labute approximate surface area is 139 Å². The number of anilines is 1. The van der Waals surface area contributed by atoms with Crippen molar-refractivity contribution < 1.29 is 18.0 Å². The summed E-state index contributed by atoms with van der Waals surface area (Å²) in [5.41, 5.74) is -0.695. The Kier molecular flexibility index (Phi) is 5.69. The van der Waals surface area contributed by atoms with E-state index in [1.165, 1.54) is 6.20 Å². The average molecular weight is 344 g/mol. The Hall–Kier alpha value is -1.83. The molecule has 1 aromatic rings. The zero-order valence-corrected chi connectivity index (χ0v) is 14.1. The van der Waals surface area contributed by atoms with Crippen LogP contribution in [0.25, 0.3) is 0 Å². The average Bonchev–Trinajstić information content (AvgIpc) is 2.53. The van der Waals surface area contributed by atoms with Crippen molar-refractivity contribution in [3.05, 3.63) is 23.9 Å². The van der Waals surface area contributed by atoms with Gasteiger partial charge in [-0.05, 0) is 32.9 Å². The number of hydrogen-bond acceptors (Lipinski definition) is 4. The van der Waals surface area contributed by atoms with Gasteiger partial charge in [0.25, 0.3) is 0 Å². The molecule has 1 aliphatic heterocycles.